The summed E-state index contributed by atoms with van der Waals surface area (Å²) in [6.45, 7) is 2.26. The maximum absolute atomic E-state index is 12.3. The molecule has 1 aromatic carbocycles. The molecule has 0 saturated heterocycles. The topological polar surface area (TPSA) is 87.5 Å². The number of nitrogens with one attached hydrogen (secondary N) is 1. The van der Waals surface area contributed by atoms with Gasteiger partial charge in [0.2, 0.25) is 6.79 Å². The number of ether oxygens (including phenoxy) is 3. The van der Waals surface area contributed by atoms with Crippen molar-refractivity contribution in [1.82, 2.24) is 20.1 Å². The SMILES string of the molecule is CC(Oc1ccc2c(c1)OCO2)C(=O)NCc1ccc(-c2cnn(C)c2)nc1. The molecule has 1 aliphatic rings. The van der Waals surface area contributed by atoms with Gasteiger partial charge in [0, 0.05) is 37.6 Å². The van der Waals surface area contributed by atoms with Gasteiger partial charge in [0.25, 0.3) is 5.91 Å². The Morgan fingerprint density at radius 2 is 2.11 bits per heavy atom. The van der Waals surface area contributed by atoms with Gasteiger partial charge in [-0.1, -0.05) is 6.07 Å². The predicted molar refractivity (Wildman–Crippen MR) is 101 cm³/mol. The van der Waals surface area contributed by atoms with Gasteiger partial charge in [-0.05, 0) is 30.7 Å². The first-order chi connectivity index (χ1) is 13.6. The summed E-state index contributed by atoms with van der Waals surface area (Å²) in [6.07, 6.45) is 4.76. The summed E-state index contributed by atoms with van der Waals surface area (Å²) < 4.78 is 18.0. The van der Waals surface area contributed by atoms with Crippen molar-refractivity contribution in [3.05, 3.63) is 54.5 Å². The smallest absolute Gasteiger partial charge is 0.261 e. The third kappa shape index (κ3) is 3.90. The van der Waals surface area contributed by atoms with Gasteiger partial charge in [-0.25, -0.2) is 0 Å². The number of hydrogen-bond donors (Lipinski definition) is 1. The lowest BCUT2D eigenvalue weighted by Gasteiger charge is -2.15. The average Bonchev–Trinajstić information content (AvgIpc) is 3.35. The molecule has 1 unspecified atom stereocenters. The van der Waals surface area contributed by atoms with Gasteiger partial charge >= 0.3 is 0 Å². The molecule has 0 aliphatic carbocycles. The number of pyridine rings is 1. The summed E-state index contributed by atoms with van der Waals surface area (Å²) in [6, 6.07) is 9.06. The highest BCUT2D eigenvalue weighted by molar-refractivity contribution is 5.80. The number of aromatic nitrogens is 3. The molecule has 0 saturated carbocycles. The zero-order chi connectivity index (χ0) is 19.5. The molecule has 8 nitrogen and oxygen atoms in total. The second-order valence-corrected chi connectivity index (χ2v) is 6.45. The van der Waals surface area contributed by atoms with Crippen molar-refractivity contribution in [2.24, 2.45) is 7.05 Å². The van der Waals surface area contributed by atoms with Crippen molar-refractivity contribution in [3.63, 3.8) is 0 Å². The molecule has 0 radical (unpaired) electrons. The first-order valence-corrected chi connectivity index (χ1v) is 8.86. The Labute approximate surface area is 162 Å². The minimum Gasteiger partial charge on any atom is -0.481 e. The van der Waals surface area contributed by atoms with E-state index in [2.05, 4.69) is 15.4 Å². The number of fused-ring (bicyclic) bond motifs is 1. The molecule has 8 heteroatoms. The number of carbonyl (C=O) groups excluding carboxylic acids is 1. The monoisotopic (exact) mass is 380 g/mol. The second kappa shape index (κ2) is 7.59. The van der Waals surface area contributed by atoms with Crippen LogP contribution in [0.15, 0.2) is 48.9 Å². The third-order valence-electron chi connectivity index (χ3n) is 4.32. The van der Waals surface area contributed by atoms with Crippen molar-refractivity contribution in [3.8, 4) is 28.5 Å². The van der Waals surface area contributed by atoms with Crippen molar-refractivity contribution in [2.45, 2.75) is 19.6 Å². The van der Waals surface area contributed by atoms with Crippen LogP contribution in [-0.2, 0) is 18.4 Å². The summed E-state index contributed by atoms with van der Waals surface area (Å²) in [7, 11) is 1.86. The number of aryl methyl sites for hydroxylation is 1. The van der Waals surface area contributed by atoms with E-state index in [-0.39, 0.29) is 12.7 Å². The fourth-order valence-corrected chi connectivity index (χ4v) is 2.79. The Bertz CT molecular complexity index is 984. The summed E-state index contributed by atoms with van der Waals surface area (Å²) in [4.78, 5) is 16.7. The Morgan fingerprint density at radius 1 is 1.25 bits per heavy atom. The van der Waals surface area contributed by atoms with Crippen molar-refractivity contribution in [2.75, 3.05) is 6.79 Å². The van der Waals surface area contributed by atoms with E-state index < -0.39 is 6.10 Å². The van der Waals surface area contributed by atoms with E-state index in [0.29, 0.717) is 23.8 Å². The third-order valence-corrected chi connectivity index (χ3v) is 4.32. The lowest BCUT2D eigenvalue weighted by Crippen LogP contribution is -2.35. The van der Waals surface area contributed by atoms with Crippen LogP contribution in [0.2, 0.25) is 0 Å². The maximum Gasteiger partial charge on any atom is 0.261 e. The Morgan fingerprint density at radius 3 is 2.86 bits per heavy atom. The van der Waals surface area contributed by atoms with E-state index >= 15 is 0 Å². The van der Waals surface area contributed by atoms with Crippen LogP contribution in [0.25, 0.3) is 11.3 Å². The van der Waals surface area contributed by atoms with Crippen LogP contribution in [-0.4, -0.2) is 33.6 Å². The molecule has 1 N–H and O–H groups in total. The number of benzene rings is 1. The van der Waals surface area contributed by atoms with Crippen LogP contribution < -0.4 is 19.5 Å². The molecular formula is C20H20N4O4. The van der Waals surface area contributed by atoms with Crippen LogP contribution in [0, 0.1) is 0 Å². The lowest BCUT2D eigenvalue weighted by atomic mass is 10.2. The van der Waals surface area contributed by atoms with Gasteiger partial charge in [0.15, 0.2) is 17.6 Å². The van der Waals surface area contributed by atoms with Crippen LogP contribution in [0.4, 0.5) is 0 Å². The van der Waals surface area contributed by atoms with Crippen molar-refractivity contribution in [1.29, 1.82) is 0 Å². The van der Waals surface area contributed by atoms with Gasteiger partial charge in [-0.15, -0.1) is 0 Å². The van der Waals surface area contributed by atoms with E-state index in [0.717, 1.165) is 16.8 Å². The normalized spacial score (nSPS) is 13.2. The van der Waals surface area contributed by atoms with Crippen LogP contribution in [0.3, 0.4) is 0 Å². The first-order valence-electron chi connectivity index (χ1n) is 8.86. The fourth-order valence-electron chi connectivity index (χ4n) is 2.79. The van der Waals surface area contributed by atoms with Gasteiger partial charge in [0.05, 0.1) is 11.9 Å². The molecule has 1 atom stereocenters. The largest absolute Gasteiger partial charge is 0.481 e. The highest BCUT2D eigenvalue weighted by atomic mass is 16.7. The minimum atomic E-state index is -0.650. The Balaban J connectivity index is 1.31. The van der Waals surface area contributed by atoms with E-state index in [1.807, 2.05) is 25.4 Å². The van der Waals surface area contributed by atoms with Crippen LogP contribution >= 0.6 is 0 Å². The van der Waals surface area contributed by atoms with Crippen molar-refractivity contribution < 1.29 is 19.0 Å². The zero-order valence-electron chi connectivity index (χ0n) is 15.6. The molecule has 1 aliphatic heterocycles. The standard InChI is InChI=1S/C20H20N4O4/c1-13(28-16-4-6-18-19(7-16)27-12-26-18)20(25)22-9-14-3-5-17(21-8-14)15-10-23-24(2)11-15/h3-8,10-11,13H,9,12H2,1-2H3,(H,22,25). The number of hydrogen-bond acceptors (Lipinski definition) is 6. The molecule has 3 aromatic rings. The highest BCUT2D eigenvalue weighted by Crippen LogP contribution is 2.35. The van der Waals surface area contributed by atoms with Crippen molar-refractivity contribution >= 4 is 5.91 Å². The second-order valence-electron chi connectivity index (χ2n) is 6.45. The summed E-state index contributed by atoms with van der Waals surface area (Å²) in [5.74, 6) is 1.62. The van der Waals surface area contributed by atoms with Gasteiger partial charge in [-0.2, -0.15) is 5.10 Å². The van der Waals surface area contributed by atoms with Crippen LogP contribution in [0.5, 0.6) is 17.2 Å². The molecule has 0 bridgehead atoms. The zero-order valence-corrected chi connectivity index (χ0v) is 15.6. The number of nitrogens with zero attached hydrogens (tertiary/aromatic N) is 3. The fraction of sp³-hybridized carbons (Fsp3) is 0.250. The minimum absolute atomic E-state index is 0.197. The quantitative estimate of drug-likeness (QED) is 0.706. The van der Waals surface area contributed by atoms with Gasteiger partial charge < -0.3 is 19.5 Å². The molecule has 144 valence electrons. The number of amides is 1. The van der Waals surface area contributed by atoms with Crippen LogP contribution in [0.1, 0.15) is 12.5 Å². The highest BCUT2D eigenvalue weighted by Gasteiger charge is 2.18. The Hall–Kier alpha value is -3.55. The molecule has 1 amide bonds. The van der Waals surface area contributed by atoms with E-state index in [4.69, 9.17) is 14.2 Å². The predicted octanol–water partition coefficient (Wildman–Crippen LogP) is 2.29. The number of carbonyl (C=O) groups is 1. The van der Waals surface area contributed by atoms with E-state index in [1.165, 1.54) is 0 Å². The molecule has 3 heterocycles. The van der Waals surface area contributed by atoms with Gasteiger partial charge in [-0.3, -0.25) is 14.5 Å². The van der Waals surface area contributed by atoms with E-state index in [9.17, 15) is 4.79 Å². The summed E-state index contributed by atoms with van der Waals surface area (Å²) in [5.41, 5.74) is 2.68. The molecule has 28 heavy (non-hydrogen) atoms. The molecule has 4 rings (SSSR count). The lowest BCUT2D eigenvalue weighted by molar-refractivity contribution is -0.127. The summed E-state index contributed by atoms with van der Waals surface area (Å²) >= 11 is 0. The molecular weight excluding hydrogens is 360 g/mol. The summed E-state index contributed by atoms with van der Waals surface area (Å²) in [5, 5.41) is 7.00. The average molecular weight is 380 g/mol. The maximum atomic E-state index is 12.3. The number of rotatable bonds is 6. The Kier molecular flexibility index (Phi) is 4.84. The van der Waals surface area contributed by atoms with E-state index in [1.54, 1.807) is 42.2 Å². The molecule has 0 spiro atoms. The molecule has 0 fully saturated rings. The molecule has 2 aromatic heterocycles. The first kappa shape index (κ1) is 17.8. The van der Waals surface area contributed by atoms with Gasteiger partial charge in [0.1, 0.15) is 5.75 Å².